The number of nitrogens with zero attached hydrogens (tertiary/aromatic N) is 1. The van der Waals surface area contributed by atoms with Crippen LogP contribution < -0.4 is 0 Å². The monoisotopic (exact) mass is 223 g/mol. The van der Waals surface area contributed by atoms with Crippen molar-refractivity contribution in [3.63, 3.8) is 0 Å². The quantitative estimate of drug-likeness (QED) is 0.791. The Morgan fingerprint density at radius 1 is 1.38 bits per heavy atom. The molecular formula is C12H14FNO2. The van der Waals surface area contributed by atoms with Gasteiger partial charge in [0.25, 0.3) is 5.91 Å². The number of aryl methyl sites for hydroxylation is 1. The number of likely N-dealkylation sites (tertiary alicyclic amines) is 1. The Kier molecular flexibility index (Phi) is 2.81. The van der Waals surface area contributed by atoms with Gasteiger partial charge in [0.15, 0.2) is 0 Å². The molecule has 0 radical (unpaired) electrons. The minimum atomic E-state index is -0.653. The normalized spacial score (nSPS) is 15.5. The maximum absolute atomic E-state index is 13.5. The average Bonchev–Trinajstić information content (AvgIpc) is 2.75. The SMILES string of the molecule is Cc1cc(C(=O)N2CCCC2)c(F)cc1O. The highest BCUT2D eigenvalue weighted by molar-refractivity contribution is 5.95. The molecule has 1 saturated heterocycles. The minimum absolute atomic E-state index is 0.0530. The van der Waals surface area contributed by atoms with Crippen LogP contribution in [0.1, 0.15) is 28.8 Å². The van der Waals surface area contributed by atoms with Crippen LogP contribution in [0, 0.1) is 12.7 Å². The van der Waals surface area contributed by atoms with Crippen molar-refractivity contribution in [3.05, 3.63) is 29.1 Å². The second kappa shape index (κ2) is 4.12. The summed E-state index contributed by atoms with van der Waals surface area (Å²) in [4.78, 5) is 13.6. The third kappa shape index (κ3) is 1.87. The topological polar surface area (TPSA) is 40.5 Å². The molecule has 1 aromatic rings. The van der Waals surface area contributed by atoms with Gasteiger partial charge in [-0.3, -0.25) is 4.79 Å². The van der Waals surface area contributed by atoms with E-state index in [1.165, 1.54) is 6.07 Å². The summed E-state index contributed by atoms with van der Waals surface area (Å²) in [6.07, 6.45) is 1.95. The van der Waals surface area contributed by atoms with Gasteiger partial charge in [-0.05, 0) is 31.4 Å². The lowest BCUT2D eigenvalue weighted by atomic mass is 10.1. The van der Waals surface area contributed by atoms with Crippen LogP contribution in [0.25, 0.3) is 0 Å². The van der Waals surface area contributed by atoms with Crippen molar-refractivity contribution in [2.75, 3.05) is 13.1 Å². The summed E-state index contributed by atoms with van der Waals surface area (Å²) >= 11 is 0. The van der Waals surface area contributed by atoms with E-state index < -0.39 is 5.82 Å². The Morgan fingerprint density at radius 2 is 2.00 bits per heavy atom. The fourth-order valence-corrected chi connectivity index (χ4v) is 1.93. The first-order chi connectivity index (χ1) is 7.59. The molecule has 1 N–H and O–H groups in total. The molecule has 4 heteroatoms. The van der Waals surface area contributed by atoms with Gasteiger partial charge in [-0.1, -0.05) is 0 Å². The Hall–Kier alpha value is -1.58. The van der Waals surface area contributed by atoms with E-state index in [9.17, 15) is 14.3 Å². The molecule has 0 spiro atoms. The third-order valence-electron chi connectivity index (χ3n) is 2.91. The maximum Gasteiger partial charge on any atom is 0.256 e. The Morgan fingerprint density at radius 3 is 2.62 bits per heavy atom. The predicted octanol–water partition coefficient (Wildman–Crippen LogP) is 2.08. The van der Waals surface area contributed by atoms with Crippen LogP contribution in [0.2, 0.25) is 0 Å². The second-order valence-electron chi connectivity index (χ2n) is 4.12. The number of hydrogen-bond donors (Lipinski definition) is 1. The van der Waals surface area contributed by atoms with E-state index in [0.717, 1.165) is 18.9 Å². The number of benzene rings is 1. The number of carbonyl (C=O) groups is 1. The van der Waals surface area contributed by atoms with Crippen LogP contribution in [0.4, 0.5) is 4.39 Å². The van der Waals surface area contributed by atoms with Gasteiger partial charge >= 0.3 is 0 Å². The maximum atomic E-state index is 13.5. The number of phenolic OH excluding ortho intramolecular Hbond substituents is 1. The van der Waals surface area contributed by atoms with E-state index in [4.69, 9.17) is 0 Å². The number of aromatic hydroxyl groups is 1. The van der Waals surface area contributed by atoms with Crippen molar-refractivity contribution >= 4 is 5.91 Å². The fourth-order valence-electron chi connectivity index (χ4n) is 1.93. The average molecular weight is 223 g/mol. The highest BCUT2D eigenvalue weighted by atomic mass is 19.1. The molecule has 0 saturated carbocycles. The molecule has 1 aliphatic heterocycles. The van der Waals surface area contributed by atoms with Gasteiger partial charge in [0, 0.05) is 19.2 Å². The molecule has 16 heavy (non-hydrogen) atoms. The van der Waals surface area contributed by atoms with Gasteiger partial charge in [-0.15, -0.1) is 0 Å². The fraction of sp³-hybridized carbons (Fsp3) is 0.417. The summed E-state index contributed by atoms with van der Waals surface area (Å²) in [7, 11) is 0. The number of amides is 1. The van der Waals surface area contributed by atoms with Gasteiger partial charge in [-0.25, -0.2) is 4.39 Å². The van der Waals surface area contributed by atoms with Crippen LogP contribution in [-0.4, -0.2) is 29.0 Å². The Labute approximate surface area is 93.5 Å². The van der Waals surface area contributed by atoms with Gasteiger partial charge in [0.1, 0.15) is 11.6 Å². The van der Waals surface area contributed by atoms with E-state index in [-0.39, 0.29) is 17.2 Å². The van der Waals surface area contributed by atoms with Crippen molar-refractivity contribution in [1.29, 1.82) is 0 Å². The smallest absolute Gasteiger partial charge is 0.256 e. The van der Waals surface area contributed by atoms with Crippen LogP contribution in [0.15, 0.2) is 12.1 Å². The summed E-state index contributed by atoms with van der Waals surface area (Å²) in [5.74, 6) is -1.05. The summed E-state index contributed by atoms with van der Waals surface area (Å²) in [5, 5.41) is 9.31. The lowest BCUT2D eigenvalue weighted by molar-refractivity contribution is 0.0788. The lowest BCUT2D eigenvalue weighted by Crippen LogP contribution is -2.28. The number of hydrogen-bond acceptors (Lipinski definition) is 2. The molecule has 1 amide bonds. The molecular weight excluding hydrogens is 209 g/mol. The summed E-state index contributed by atoms with van der Waals surface area (Å²) < 4.78 is 13.5. The zero-order valence-electron chi connectivity index (χ0n) is 9.16. The number of phenols is 1. The highest BCUT2D eigenvalue weighted by Crippen LogP contribution is 2.23. The van der Waals surface area contributed by atoms with Crippen molar-refractivity contribution in [3.8, 4) is 5.75 Å². The Balaban J connectivity index is 2.32. The summed E-state index contributed by atoms with van der Waals surface area (Å²) in [6.45, 7) is 3.03. The molecule has 0 unspecified atom stereocenters. The van der Waals surface area contributed by atoms with Crippen molar-refractivity contribution < 1.29 is 14.3 Å². The lowest BCUT2D eigenvalue weighted by Gasteiger charge is -2.16. The standard InChI is InChI=1S/C12H14FNO2/c1-8-6-9(10(13)7-11(8)15)12(16)14-4-2-3-5-14/h6-7,15H,2-5H2,1H3. The molecule has 0 aromatic heterocycles. The third-order valence-corrected chi connectivity index (χ3v) is 2.91. The molecule has 3 nitrogen and oxygen atoms in total. The van der Waals surface area contributed by atoms with Gasteiger partial charge in [0.2, 0.25) is 0 Å². The van der Waals surface area contributed by atoms with Gasteiger partial charge in [0.05, 0.1) is 5.56 Å². The summed E-state index contributed by atoms with van der Waals surface area (Å²) in [5.41, 5.74) is 0.571. The second-order valence-corrected chi connectivity index (χ2v) is 4.12. The van der Waals surface area contributed by atoms with Gasteiger partial charge < -0.3 is 10.0 Å². The van der Waals surface area contributed by atoms with Crippen molar-refractivity contribution in [1.82, 2.24) is 4.90 Å². The van der Waals surface area contributed by atoms with E-state index in [2.05, 4.69) is 0 Å². The first-order valence-electron chi connectivity index (χ1n) is 5.38. The molecule has 0 bridgehead atoms. The molecule has 0 aliphatic carbocycles. The van der Waals surface area contributed by atoms with Gasteiger partial charge in [-0.2, -0.15) is 0 Å². The number of halogens is 1. The zero-order chi connectivity index (χ0) is 11.7. The minimum Gasteiger partial charge on any atom is -0.508 e. The van der Waals surface area contributed by atoms with E-state index >= 15 is 0 Å². The highest BCUT2D eigenvalue weighted by Gasteiger charge is 2.22. The van der Waals surface area contributed by atoms with E-state index in [1.54, 1.807) is 11.8 Å². The van der Waals surface area contributed by atoms with Crippen molar-refractivity contribution in [2.45, 2.75) is 19.8 Å². The molecule has 86 valence electrons. The van der Waals surface area contributed by atoms with E-state index in [0.29, 0.717) is 18.7 Å². The van der Waals surface area contributed by atoms with Crippen LogP contribution in [0.5, 0.6) is 5.75 Å². The molecule has 1 fully saturated rings. The first-order valence-corrected chi connectivity index (χ1v) is 5.38. The zero-order valence-corrected chi connectivity index (χ0v) is 9.16. The number of carbonyl (C=O) groups excluding carboxylic acids is 1. The molecule has 0 atom stereocenters. The number of rotatable bonds is 1. The summed E-state index contributed by atoms with van der Waals surface area (Å²) in [6, 6.07) is 2.41. The van der Waals surface area contributed by atoms with Crippen LogP contribution >= 0.6 is 0 Å². The van der Waals surface area contributed by atoms with Crippen LogP contribution in [-0.2, 0) is 0 Å². The first kappa shape index (κ1) is 10.9. The van der Waals surface area contributed by atoms with E-state index in [1.807, 2.05) is 0 Å². The predicted molar refractivity (Wildman–Crippen MR) is 57.9 cm³/mol. The largest absolute Gasteiger partial charge is 0.508 e. The van der Waals surface area contributed by atoms with Crippen LogP contribution in [0.3, 0.4) is 0 Å². The van der Waals surface area contributed by atoms with Crippen molar-refractivity contribution in [2.24, 2.45) is 0 Å². The molecule has 1 aliphatic rings. The molecule has 2 rings (SSSR count). The Bertz CT molecular complexity index is 425. The molecule has 1 aromatic carbocycles. The molecule has 1 heterocycles.